The molecule has 3 nitrogen and oxygen atoms in total. The highest BCUT2D eigenvalue weighted by Gasteiger charge is 2.12. The number of aromatic nitrogens is 3. The Balaban J connectivity index is 2.17. The van der Waals surface area contributed by atoms with E-state index < -0.39 is 5.82 Å². The zero-order valence-electron chi connectivity index (χ0n) is 10.4. The molecule has 0 fully saturated rings. The minimum atomic E-state index is -0.810. The normalized spacial score (nSPS) is 11.0. The summed E-state index contributed by atoms with van der Waals surface area (Å²) in [5.74, 6) is -0.529. The lowest BCUT2D eigenvalue weighted by atomic mass is 10.1. The monoisotopic (exact) mass is 307 g/mol. The fourth-order valence-corrected chi connectivity index (χ4v) is 2.28. The van der Waals surface area contributed by atoms with E-state index in [1.807, 2.05) is 31.2 Å². The standard InChI is InChI=1S/C14H8Cl2FN3/c1-7-2-3-8-6-9(4-5-10(8)18-7)14-19-12(15)11(17)13(16)20-14/h2-6H,1H3. The molecule has 0 aliphatic heterocycles. The van der Waals surface area contributed by atoms with E-state index in [9.17, 15) is 4.39 Å². The van der Waals surface area contributed by atoms with Gasteiger partial charge in [0, 0.05) is 16.6 Å². The number of halogens is 3. The molecule has 3 rings (SSSR count). The Bertz CT molecular complexity index is 798. The van der Waals surface area contributed by atoms with Crippen LogP contribution in [0.2, 0.25) is 10.3 Å². The van der Waals surface area contributed by atoms with Crippen molar-refractivity contribution in [1.29, 1.82) is 0 Å². The number of rotatable bonds is 1. The van der Waals surface area contributed by atoms with E-state index in [0.717, 1.165) is 16.6 Å². The first-order chi connectivity index (χ1) is 9.54. The van der Waals surface area contributed by atoms with Crippen molar-refractivity contribution in [3.8, 4) is 11.4 Å². The highest BCUT2D eigenvalue weighted by molar-refractivity contribution is 6.33. The first kappa shape index (κ1) is 13.2. The molecule has 6 heteroatoms. The Kier molecular flexibility index (Phi) is 3.28. The van der Waals surface area contributed by atoms with Gasteiger partial charge in [-0.3, -0.25) is 4.98 Å². The maximum Gasteiger partial charge on any atom is 0.197 e. The summed E-state index contributed by atoms with van der Waals surface area (Å²) in [5, 5.41) is 0.359. The highest BCUT2D eigenvalue weighted by atomic mass is 35.5. The van der Waals surface area contributed by atoms with Gasteiger partial charge in [-0.25, -0.2) is 14.4 Å². The van der Waals surface area contributed by atoms with Gasteiger partial charge >= 0.3 is 0 Å². The van der Waals surface area contributed by atoms with Crippen LogP contribution in [0.4, 0.5) is 4.39 Å². The summed E-state index contributed by atoms with van der Waals surface area (Å²) in [7, 11) is 0. The molecule has 0 aliphatic carbocycles. The number of nitrogens with zero attached hydrogens (tertiary/aromatic N) is 3. The average molecular weight is 308 g/mol. The molecule has 2 aromatic heterocycles. The summed E-state index contributed by atoms with van der Waals surface area (Å²) >= 11 is 11.4. The predicted octanol–water partition coefficient (Wildman–Crippen LogP) is 4.45. The second-order valence-electron chi connectivity index (χ2n) is 4.30. The molecule has 0 saturated heterocycles. The van der Waals surface area contributed by atoms with Crippen molar-refractivity contribution in [3.05, 3.63) is 52.1 Å². The zero-order valence-corrected chi connectivity index (χ0v) is 11.9. The van der Waals surface area contributed by atoms with Crippen LogP contribution in [0.3, 0.4) is 0 Å². The first-order valence-corrected chi connectivity index (χ1v) is 6.56. The smallest absolute Gasteiger partial charge is 0.197 e. The van der Waals surface area contributed by atoms with Gasteiger partial charge in [0.25, 0.3) is 0 Å². The molecule has 100 valence electrons. The third-order valence-electron chi connectivity index (χ3n) is 2.86. The third-order valence-corrected chi connectivity index (χ3v) is 3.36. The van der Waals surface area contributed by atoms with E-state index in [0.29, 0.717) is 5.56 Å². The van der Waals surface area contributed by atoms with E-state index in [1.54, 1.807) is 6.07 Å². The molecule has 0 N–H and O–H groups in total. The van der Waals surface area contributed by atoms with E-state index in [2.05, 4.69) is 15.0 Å². The molecule has 20 heavy (non-hydrogen) atoms. The Morgan fingerprint density at radius 1 is 0.950 bits per heavy atom. The van der Waals surface area contributed by atoms with Crippen molar-refractivity contribution in [2.45, 2.75) is 6.92 Å². The van der Waals surface area contributed by atoms with Crippen molar-refractivity contribution in [2.24, 2.45) is 0 Å². The van der Waals surface area contributed by atoms with Crippen LogP contribution in [0.25, 0.3) is 22.3 Å². The predicted molar refractivity (Wildman–Crippen MR) is 77.5 cm³/mol. The zero-order chi connectivity index (χ0) is 14.3. The topological polar surface area (TPSA) is 38.7 Å². The molecule has 0 saturated carbocycles. The molecule has 0 aliphatic rings. The van der Waals surface area contributed by atoms with Gasteiger partial charge in [-0.2, -0.15) is 0 Å². The summed E-state index contributed by atoms with van der Waals surface area (Å²) in [5.41, 5.74) is 2.51. The quantitative estimate of drug-likeness (QED) is 0.624. The fourth-order valence-electron chi connectivity index (χ4n) is 1.89. The van der Waals surface area contributed by atoms with Crippen molar-refractivity contribution in [2.75, 3.05) is 0 Å². The van der Waals surface area contributed by atoms with E-state index in [-0.39, 0.29) is 16.1 Å². The van der Waals surface area contributed by atoms with E-state index in [4.69, 9.17) is 23.2 Å². The lowest BCUT2D eigenvalue weighted by molar-refractivity contribution is 0.615. The largest absolute Gasteiger partial charge is 0.253 e. The summed E-state index contributed by atoms with van der Waals surface area (Å²) in [6.45, 7) is 1.93. The van der Waals surface area contributed by atoms with Crippen molar-refractivity contribution < 1.29 is 4.39 Å². The maximum absolute atomic E-state index is 13.3. The SMILES string of the molecule is Cc1ccc2cc(-c3nc(Cl)c(F)c(Cl)n3)ccc2n1. The third kappa shape index (κ3) is 2.32. The van der Waals surface area contributed by atoms with Gasteiger partial charge in [0.15, 0.2) is 21.9 Å². The molecule has 0 spiro atoms. The highest BCUT2D eigenvalue weighted by Crippen LogP contribution is 2.26. The molecular formula is C14H8Cl2FN3. The summed E-state index contributed by atoms with van der Waals surface area (Å²) in [6, 6.07) is 9.38. The summed E-state index contributed by atoms with van der Waals surface area (Å²) in [4.78, 5) is 12.2. The molecule has 0 unspecified atom stereocenters. The number of benzene rings is 1. The molecule has 0 bridgehead atoms. The minimum Gasteiger partial charge on any atom is -0.253 e. The minimum absolute atomic E-state index is 0.281. The number of aryl methyl sites for hydroxylation is 1. The lowest BCUT2D eigenvalue weighted by Crippen LogP contribution is -1.95. The Hall–Kier alpha value is -1.78. The van der Waals surface area contributed by atoms with Gasteiger partial charge in [0.1, 0.15) is 0 Å². The average Bonchev–Trinajstić information content (AvgIpc) is 2.43. The van der Waals surface area contributed by atoms with Crippen LogP contribution in [0.1, 0.15) is 5.69 Å². The van der Waals surface area contributed by atoms with Crippen LogP contribution in [-0.4, -0.2) is 15.0 Å². The van der Waals surface area contributed by atoms with Crippen molar-refractivity contribution in [1.82, 2.24) is 15.0 Å². The van der Waals surface area contributed by atoms with Gasteiger partial charge in [0.05, 0.1) is 5.52 Å². The molecule has 0 amide bonds. The van der Waals surface area contributed by atoms with Crippen LogP contribution in [0.5, 0.6) is 0 Å². The van der Waals surface area contributed by atoms with E-state index in [1.165, 1.54) is 0 Å². The second kappa shape index (κ2) is 4.96. The van der Waals surface area contributed by atoms with Crippen LogP contribution >= 0.6 is 23.2 Å². The summed E-state index contributed by atoms with van der Waals surface area (Å²) in [6.07, 6.45) is 0. The van der Waals surface area contributed by atoms with Gasteiger partial charge in [-0.05, 0) is 31.2 Å². The number of hydrogen-bond acceptors (Lipinski definition) is 3. The van der Waals surface area contributed by atoms with Gasteiger partial charge in [-0.15, -0.1) is 0 Å². The lowest BCUT2D eigenvalue weighted by Gasteiger charge is -2.05. The first-order valence-electron chi connectivity index (χ1n) is 5.81. The van der Waals surface area contributed by atoms with Crippen LogP contribution in [0.15, 0.2) is 30.3 Å². The second-order valence-corrected chi connectivity index (χ2v) is 5.02. The van der Waals surface area contributed by atoms with Gasteiger partial charge in [-0.1, -0.05) is 29.3 Å². The molecule has 3 aromatic rings. The van der Waals surface area contributed by atoms with Gasteiger partial charge < -0.3 is 0 Å². The number of pyridine rings is 1. The molecule has 2 heterocycles. The molecule has 0 atom stereocenters. The molecule has 1 aromatic carbocycles. The van der Waals surface area contributed by atoms with Crippen molar-refractivity contribution in [3.63, 3.8) is 0 Å². The van der Waals surface area contributed by atoms with Crippen LogP contribution in [0, 0.1) is 12.7 Å². The Labute approximate surface area is 124 Å². The van der Waals surface area contributed by atoms with Crippen molar-refractivity contribution >= 4 is 34.1 Å². The van der Waals surface area contributed by atoms with E-state index >= 15 is 0 Å². The molecular weight excluding hydrogens is 300 g/mol. The van der Waals surface area contributed by atoms with Crippen LogP contribution in [-0.2, 0) is 0 Å². The summed E-state index contributed by atoms with van der Waals surface area (Å²) < 4.78 is 13.3. The van der Waals surface area contributed by atoms with Gasteiger partial charge in [0.2, 0.25) is 0 Å². The Morgan fingerprint density at radius 3 is 2.35 bits per heavy atom. The number of hydrogen-bond donors (Lipinski definition) is 0. The number of fused-ring (bicyclic) bond motifs is 1. The Morgan fingerprint density at radius 2 is 1.65 bits per heavy atom. The molecule has 0 radical (unpaired) electrons. The fraction of sp³-hybridized carbons (Fsp3) is 0.0714. The van der Waals surface area contributed by atoms with Crippen LogP contribution < -0.4 is 0 Å². The maximum atomic E-state index is 13.3.